The molecule has 0 unspecified atom stereocenters. The highest BCUT2D eigenvalue weighted by Crippen LogP contribution is 1.94. The first-order valence-corrected chi connectivity index (χ1v) is 4.89. The van der Waals surface area contributed by atoms with Crippen molar-refractivity contribution >= 4 is 34.9 Å². The van der Waals surface area contributed by atoms with Crippen LogP contribution in [0.3, 0.4) is 0 Å². The van der Waals surface area contributed by atoms with E-state index in [1.54, 1.807) is 7.05 Å². The van der Waals surface area contributed by atoms with Crippen molar-refractivity contribution in [3.63, 3.8) is 0 Å². The third-order valence-corrected chi connectivity index (χ3v) is 1.75. The number of hydrogen-bond acceptors (Lipinski definition) is 3. The van der Waals surface area contributed by atoms with Gasteiger partial charge in [0.2, 0.25) is 5.91 Å². The molecular weight excluding hydrogens is 180 g/mol. The highest BCUT2D eigenvalue weighted by molar-refractivity contribution is 7.99. The summed E-state index contributed by atoms with van der Waals surface area (Å²) in [6.07, 6.45) is 1.88. The van der Waals surface area contributed by atoms with Crippen LogP contribution in [0.5, 0.6) is 0 Å². The monoisotopic (exact) mass is 192 g/mol. The van der Waals surface area contributed by atoms with Crippen molar-refractivity contribution in [1.29, 1.82) is 0 Å². The van der Waals surface area contributed by atoms with Crippen LogP contribution in [0.15, 0.2) is 0 Å². The van der Waals surface area contributed by atoms with Crippen molar-refractivity contribution < 1.29 is 4.79 Å². The third-order valence-electron chi connectivity index (χ3n) is 1.09. The Morgan fingerprint density at radius 2 is 2.27 bits per heavy atom. The summed E-state index contributed by atoms with van der Waals surface area (Å²) in [5, 5.41) is 0. The van der Waals surface area contributed by atoms with Crippen molar-refractivity contribution in [3.05, 3.63) is 0 Å². The first-order chi connectivity index (χ1) is 5.07. The molecule has 0 saturated heterocycles. The largest absolute Gasteiger partial charge is 0.392 e. The maximum atomic E-state index is 11.1. The van der Waals surface area contributed by atoms with E-state index in [1.165, 1.54) is 16.7 Å². The van der Waals surface area contributed by atoms with Gasteiger partial charge in [-0.25, -0.2) is 0 Å². The van der Waals surface area contributed by atoms with Crippen LogP contribution in [0.2, 0.25) is 0 Å². The number of nitrogens with two attached hydrogens (primary N) is 1. The standard InChI is InChI=1S/C6H12N2OS2/c1-8(3-5(7)10)6(9)4-11-2/h3-4H2,1-2H3,(H2,7,10). The molecule has 0 atom stereocenters. The molecular formula is C6H12N2OS2. The Balaban J connectivity index is 3.73. The Labute approximate surface area is 76.3 Å². The molecule has 1 amide bonds. The van der Waals surface area contributed by atoms with Gasteiger partial charge in [0.15, 0.2) is 0 Å². The molecule has 0 aromatic carbocycles. The second-order valence-corrected chi connectivity index (χ2v) is 3.54. The van der Waals surface area contributed by atoms with Gasteiger partial charge in [0.25, 0.3) is 0 Å². The number of amides is 1. The third kappa shape index (κ3) is 5.03. The van der Waals surface area contributed by atoms with Crippen LogP contribution in [-0.2, 0) is 4.79 Å². The smallest absolute Gasteiger partial charge is 0.232 e. The van der Waals surface area contributed by atoms with Crippen molar-refractivity contribution in [1.82, 2.24) is 4.90 Å². The summed E-state index contributed by atoms with van der Waals surface area (Å²) in [5.41, 5.74) is 5.26. The van der Waals surface area contributed by atoms with Crippen LogP contribution in [0.4, 0.5) is 0 Å². The Bertz CT molecular complexity index is 161. The van der Waals surface area contributed by atoms with E-state index in [1.807, 2.05) is 6.26 Å². The fourth-order valence-electron chi connectivity index (χ4n) is 0.556. The summed E-state index contributed by atoms with van der Waals surface area (Å²) in [6.45, 7) is 0.370. The van der Waals surface area contributed by atoms with Gasteiger partial charge >= 0.3 is 0 Å². The lowest BCUT2D eigenvalue weighted by Gasteiger charge is -2.14. The van der Waals surface area contributed by atoms with Crippen molar-refractivity contribution in [3.8, 4) is 0 Å². The van der Waals surface area contributed by atoms with Crippen molar-refractivity contribution in [2.24, 2.45) is 5.73 Å². The average Bonchev–Trinajstić information content (AvgIpc) is 1.86. The normalized spacial score (nSPS) is 9.27. The minimum absolute atomic E-state index is 0.0605. The number of nitrogens with zero attached hydrogens (tertiary/aromatic N) is 1. The van der Waals surface area contributed by atoms with E-state index in [9.17, 15) is 4.79 Å². The molecule has 0 saturated carbocycles. The number of likely N-dealkylation sites (N-methyl/N-ethyl adjacent to an activating group) is 1. The van der Waals surface area contributed by atoms with E-state index in [4.69, 9.17) is 5.73 Å². The minimum Gasteiger partial charge on any atom is -0.392 e. The number of rotatable bonds is 4. The molecule has 11 heavy (non-hydrogen) atoms. The summed E-state index contributed by atoms with van der Waals surface area (Å²) in [5.74, 6) is 0.546. The van der Waals surface area contributed by atoms with Crippen LogP contribution in [-0.4, -0.2) is 41.4 Å². The summed E-state index contributed by atoms with van der Waals surface area (Å²) in [6, 6.07) is 0. The Morgan fingerprint density at radius 3 is 2.64 bits per heavy atom. The fourth-order valence-corrected chi connectivity index (χ4v) is 1.22. The number of thioether (sulfide) groups is 1. The van der Waals surface area contributed by atoms with Gasteiger partial charge in [-0.15, -0.1) is 0 Å². The lowest BCUT2D eigenvalue weighted by atomic mass is 10.5. The second-order valence-electron chi connectivity index (χ2n) is 2.15. The highest BCUT2D eigenvalue weighted by atomic mass is 32.2. The van der Waals surface area contributed by atoms with Gasteiger partial charge < -0.3 is 10.6 Å². The molecule has 0 bridgehead atoms. The zero-order valence-corrected chi connectivity index (χ0v) is 8.30. The first-order valence-electron chi connectivity index (χ1n) is 3.09. The lowest BCUT2D eigenvalue weighted by molar-refractivity contribution is -0.126. The number of carbonyl (C=O) groups excluding carboxylic acids is 1. The average molecular weight is 192 g/mol. The van der Waals surface area contributed by atoms with Crippen LogP contribution >= 0.6 is 24.0 Å². The Hall–Kier alpha value is -0.290. The molecule has 0 aliphatic carbocycles. The van der Waals surface area contributed by atoms with Gasteiger partial charge in [-0.1, -0.05) is 12.2 Å². The van der Waals surface area contributed by atoms with Crippen LogP contribution < -0.4 is 5.73 Å². The van der Waals surface area contributed by atoms with Gasteiger partial charge in [-0.3, -0.25) is 4.79 Å². The molecule has 0 aromatic rings. The molecule has 64 valence electrons. The predicted octanol–water partition coefficient (Wildman–Crippen LogP) is 0.0939. The van der Waals surface area contributed by atoms with Crippen molar-refractivity contribution in [2.75, 3.05) is 25.6 Å². The van der Waals surface area contributed by atoms with Gasteiger partial charge in [0.1, 0.15) is 0 Å². The molecule has 3 nitrogen and oxygen atoms in total. The molecule has 0 radical (unpaired) electrons. The molecule has 2 N–H and O–H groups in total. The van der Waals surface area contributed by atoms with Gasteiger partial charge in [0, 0.05) is 7.05 Å². The van der Waals surface area contributed by atoms with Gasteiger partial charge in [-0.05, 0) is 6.26 Å². The quantitative estimate of drug-likeness (QED) is 0.641. The van der Waals surface area contributed by atoms with E-state index >= 15 is 0 Å². The second kappa shape index (κ2) is 5.37. The topological polar surface area (TPSA) is 46.3 Å². The fraction of sp³-hybridized carbons (Fsp3) is 0.667. The first kappa shape index (κ1) is 10.7. The van der Waals surface area contributed by atoms with E-state index in [2.05, 4.69) is 12.2 Å². The van der Waals surface area contributed by atoms with E-state index in [-0.39, 0.29) is 5.91 Å². The van der Waals surface area contributed by atoms with E-state index in [0.29, 0.717) is 17.3 Å². The molecule has 0 aliphatic heterocycles. The summed E-state index contributed by atoms with van der Waals surface area (Å²) < 4.78 is 0. The predicted molar refractivity (Wildman–Crippen MR) is 52.8 cm³/mol. The van der Waals surface area contributed by atoms with Crippen LogP contribution in [0.1, 0.15) is 0 Å². The lowest BCUT2D eigenvalue weighted by Crippen LogP contribution is -2.35. The summed E-state index contributed by atoms with van der Waals surface area (Å²) >= 11 is 6.14. The maximum absolute atomic E-state index is 11.1. The zero-order chi connectivity index (χ0) is 8.85. The molecule has 0 aliphatic rings. The van der Waals surface area contributed by atoms with Crippen LogP contribution in [0.25, 0.3) is 0 Å². The molecule has 0 rings (SSSR count). The van der Waals surface area contributed by atoms with Crippen molar-refractivity contribution in [2.45, 2.75) is 0 Å². The highest BCUT2D eigenvalue weighted by Gasteiger charge is 2.07. The van der Waals surface area contributed by atoms with Crippen LogP contribution in [0, 0.1) is 0 Å². The van der Waals surface area contributed by atoms with Gasteiger partial charge in [0.05, 0.1) is 17.3 Å². The Morgan fingerprint density at radius 1 is 1.73 bits per heavy atom. The van der Waals surface area contributed by atoms with E-state index in [0.717, 1.165) is 0 Å². The molecule has 0 heterocycles. The molecule has 0 fully saturated rings. The molecule has 0 aromatic heterocycles. The number of carbonyl (C=O) groups is 1. The minimum atomic E-state index is 0.0605. The van der Waals surface area contributed by atoms with Gasteiger partial charge in [-0.2, -0.15) is 11.8 Å². The SMILES string of the molecule is CSCC(=O)N(C)CC(N)=S. The number of thiocarbonyl (C=S) groups is 1. The molecule has 5 heteroatoms. The number of hydrogen-bond donors (Lipinski definition) is 1. The summed E-state index contributed by atoms with van der Waals surface area (Å²) in [7, 11) is 1.69. The summed E-state index contributed by atoms with van der Waals surface area (Å²) in [4.78, 5) is 12.9. The Kier molecular flexibility index (Phi) is 5.23. The zero-order valence-electron chi connectivity index (χ0n) is 6.66. The maximum Gasteiger partial charge on any atom is 0.232 e. The van der Waals surface area contributed by atoms with E-state index < -0.39 is 0 Å². The molecule has 0 spiro atoms.